The third kappa shape index (κ3) is 4.65. The fraction of sp³-hybridized carbons (Fsp3) is 0.231. The van der Waals surface area contributed by atoms with Crippen LogP contribution < -0.4 is 10.6 Å². The largest absolute Gasteiger partial charge is 0.417 e. The van der Waals surface area contributed by atoms with E-state index in [0.717, 1.165) is 40.9 Å². The fourth-order valence-corrected chi connectivity index (χ4v) is 6.11. The smallest absolute Gasteiger partial charge is 0.348 e. The number of aldehydes is 1. The number of halogens is 6. The molecule has 14 heteroatoms. The summed E-state index contributed by atoms with van der Waals surface area (Å²) in [5.41, 5.74) is -2.88. The Bertz CT molecular complexity index is 1680. The first-order valence-electron chi connectivity index (χ1n) is 11.7. The lowest BCUT2D eigenvalue weighted by molar-refractivity contribution is -0.137. The van der Waals surface area contributed by atoms with Crippen LogP contribution in [-0.2, 0) is 22.3 Å². The van der Waals surface area contributed by atoms with Gasteiger partial charge in [-0.25, -0.2) is 18.0 Å². The molecule has 0 atom stereocenters. The second-order valence-electron chi connectivity index (χ2n) is 8.94. The second-order valence-corrected chi connectivity index (χ2v) is 10.0. The van der Waals surface area contributed by atoms with E-state index in [1.807, 2.05) is 0 Å². The predicted octanol–water partition coefficient (Wildman–Crippen LogP) is 4.68. The number of hydrogen-bond acceptors (Lipinski definition) is 6. The molecule has 208 valence electrons. The number of carbonyl (C=O) groups is 2. The number of alkyl halides is 3. The maximum absolute atomic E-state index is 14.9. The Morgan fingerprint density at radius 3 is 2.52 bits per heavy atom. The number of piperazine rings is 1. The van der Waals surface area contributed by atoms with Crippen molar-refractivity contribution in [2.24, 2.45) is 0 Å². The molecule has 0 spiro atoms. The lowest BCUT2D eigenvalue weighted by atomic mass is 9.95. The third-order valence-electron chi connectivity index (χ3n) is 6.60. The van der Waals surface area contributed by atoms with Gasteiger partial charge in [0.2, 0.25) is 0 Å². The van der Waals surface area contributed by atoms with E-state index in [4.69, 9.17) is 0 Å². The normalized spacial score (nSPS) is 16.5. The van der Waals surface area contributed by atoms with Crippen LogP contribution in [0.2, 0.25) is 0 Å². The molecule has 0 saturated carbocycles. The van der Waals surface area contributed by atoms with Gasteiger partial charge in [-0.15, -0.1) is 11.8 Å². The van der Waals surface area contributed by atoms with Crippen LogP contribution in [0.1, 0.15) is 5.56 Å². The molecule has 0 radical (unpaired) electrons. The van der Waals surface area contributed by atoms with Crippen molar-refractivity contribution in [3.8, 4) is 11.1 Å². The summed E-state index contributed by atoms with van der Waals surface area (Å²) in [4.78, 5) is 43.0. The van der Waals surface area contributed by atoms with E-state index in [0.29, 0.717) is 12.4 Å². The number of aromatic nitrogens is 2. The molecular weight excluding hydrogens is 562 g/mol. The lowest BCUT2D eigenvalue weighted by Crippen LogP contribution is -2.48. The standard InChI is InChI=1S/C26H18F6N4O3S/c1-13(27)24(38)35-6-5-34(12-15(35)4-8-37)23-17-11-18(26(30,31)32)20(16-3-2-14(28)10-19(16)29)22-21(17)36(7-9-40-22)25(39)33-23/h2-4,8,10-11H,1,5-7,9,12H2/b15-4+. The van der Waals surface area contributed by atoms with E-state index >= 15 is 0 Å². The minimum absolute atomic E-state index is 0.0199. The van der Waals surface area contributed by atoms with Gasteiger partial charge < -0.3 is 9.80 Å². The molecule has 1 aromatic heterocycles. The average Bonchev–Trinajstić information content (AvgIpc) is 2.90. The zero-order chi connectivity index (χ0) is 28.9. The van der Waals surface area contributed by atoms with E-state index in [1.165, 1.54) is 9.47 Å². The molecule has 1 amide bonds. The van der Waals surface area contributed by atoms with Gasteiger partial charge in [0, 0.05) is 58.6 Å². The number of thioether (sulfide) groups is 1. The first-order chi connectivity index (χ1) is 18.9. The molecule has 1 saturated heterocycles. The Hall–Kier alpha value is -4.07. The van der Waals surface area contributed by atoms with Crippen molar-refractivity contribution in [1.82, 2.24) is 14.5 Å². The summed E-state index contributed by atoms with van der Waals surface area (Å²) in [6.45, 7) is 2.57. The molecule has 0 unspecified atom stereocenters. The lowest BCUT2D eigenvalue weighted by Gasteiger charge is -2.37. The van der Waals surface area contributed by atoms with Crippen LogP contribution >= 0.6 is 11.8 Å². The molecule has 2 aliphatic rings. The van der Waals surface area contributed by atoms with E-state index in [-0.39, 0.29) is 59.2 Å². The van der Waals surface area contributed by atoms with Gasteiger partial charge in [-0.05, 0) is 24.3 Å². The summed E-state index contributed by atoms with van der Waals surface area (Å²) in [7, 11) is 0. The zero-order valence-corrected chi connectivity index (χ0v) is 21.2. The third-order valence-corrected chi connectivity index (χ3v) is 7.67. The van der Waals surface area contributed by atoms with Gasteiger partial charge in [0.25, 0.3) is 5.91 Å². The number of rotatable bonds is 4. The highest BCUT2D eigenvalue weighted by Gasteiger charge is 2.39. The van der Waals surface area contributed by atoms with E-state index in [1.54, 1.807) is 0 Å². The summed E-state index contributed by atoms with van der Waals surface area (Å²) >= 11 is 0.998. The van der Waals surface area contributed by atoms with Gasteiger partial charge in [0.15, 0.2) is 5.83 Å². The van der Waals surface area contributed by atoms with Crippen LogP contribution in [0.25, 0.3) is 22.0 Å². The molecule has 0 N–H and O–H groups in total. The number of amides is 1. The number of benzene rings is 2. The van der Waals surface area contributed by atoms with Crippen LogP contribution in [-0.4, -0.2) is 52.0 Å². The molecular formula is C26H18F6N4O3S. The summed E-state index contributed by atoms with van der Waals surface area (Å²) in [5.74, 6) is -4.47. The molecule has 3 heterocycles. The minimum Gasteiger partial charge on any atom is -0.348 e. The number of carbonyl (C=O) groups excluding carboxylic acids is 2. The first kappa shape index (κ1) is 27.5. The number of aryl methyl sites for hydroxylation is 1. The summed E-state index contributed by atoms with van der Waals surface area (Å²) in [5, 5.41) is -0.0690. The van der Waals surface area contributed by atoms with E-state index in [2.05, 4.69) is 11.6 Å². The number of nitrogens with zero attached hydrogens (tertiary/aromatic N) is 4. The van der Waals surface area contributed by atoms with Crippen molar-refractivity contribution < 1.29 is 35.9 Å². The van der Waals surface area contributed by atoms with Crippen molar-refractivity contribution in [3.63, 3.8) is 0 Å². The molecule has 5 rings (SSSR count). The summed E-state index contributed by atoms with van der Waals surface area (Å²) in [6, 6.07) is 3.02. The van der Waals surface area contributed by atoms with Crippen LogP contribution in [0.15, 0.2) is 58.1 Å². The highest BCUT2D eigenvalue weighted by atomic mass is 32.2. The Kier molecular flexibility index (Phi) is 6.98. The van der Waals surface area contributed by atoms with Gasteiger partial charge in [0.1, 0.15) is 23.7 Å². The Morgan fingerprint density at radius 1 is 1.12 bits per heavy atom. The quantitative estimate of drug-likeness (QED) is 0.254. The van der Waals surface area contributed by atoms with Gasteiger partial charge in [-0.1, -0.05) is 6.58 Å². The summed E-state index contributed by atoms with van der Waals surface area (Å²) < 4.78 is 86.7. The molecule has 1 fully saturated rings. The number of hydrogen-bond donors (Lipinski definition) is 0. The van der Waals surface area contributed by atoms with Crippen LogP contribution in [0, 0.1) is 11.6 Å². The summed E-state index contributed by atoms with van der Waals surface area (Å²) in [6.07, 6.45) is -3.62. The van der Waals surface area contributed by atoms with Crippen LogP contribution in [0.3, 0.4) is 0 Å². The van der Waals surface area contributed by atoms with Crippen molar-refractivity contribution in [2.45, 2.75) is 17.6 Å². The fourth-order valence-electron chi connectivity index (χ4n) is 4.91. The second kappa shape index (κ2) is 10.2. The van der Waals surface area contributed by atoms with Crippen LogP contribution in [0.4, 0.5) is 32.2 Å². The Labute approximate surface area is 226 Å². The van der Waals surface area contributed by atoms with Crippen molar-refractivity contribution in [3.05, 3.63) is 76.1 Å². The first-order valence-corrected chi connectivity index (χ1v) is 12.7. The minimum atomic E-state index is -4.98. The molecule has 2 aromatic carbocycles. The predicted molar refractivity (Wildman–Crippen MR) is 135 cm³/mol. The highest BCUT2D eigenvalue weighted by Crippen LogP contribution is 2.49. The Balaban J connectivity index is 1.77. The maximum Gasteiger partial charge on any atom is 0.417 e. The number of anilines is 1. The van der Waals surface area contributed by atoms with Crippen LogP contribution in [0.5, 0.6) is 0 Å². The zero-order valence-electron chi connectivity index (χ0n) is 20.4. The highest BCUT2D eigenvalue weighted by molar-refractivity contribution is 7.99. The van der Waals surface area contributed by atoms with Gasteiger partial charge in [0.05, 0.1) is 17.6 Å². The molecule has 3 aromatic rings. The SMILES string of the molecule is C=C(F)C(=O)N1CCN(c2nc(=O)n3c4c(c(-c5ccc(F)cc5F)c(C(F)(F)F)cc24)SCC3)C/C1=C\C=O. The maximum atomic E-state index is 14.9. The van der Waals surface area contributed by atoms with Crippen molar-refractivity contribution in [1.29, 1.82) is 0 Å². The van der Waals surface area contributed by atoms with Gasteiger partial charge in [-0.2, -0.15) is 18.2 Å². The van der Waals surface area contributed by atoms with Gasteiger partial charge in [-0.3, -0.25) is 14.2 Å². The van der Waals surface area contributed by atoms with Gasteiger partial charge >= 0.3 is 11.9 Å². The molecule has 7 nitrogen and oxygen atoms in total. The molecule has 40 heavy (non-hydrogen) atoms. The number of allylic oxidation sites excluding steroid dienone is 1. The van der Waals surface area contributed by atoms with Crippen molar-refractivity contribution >= 4 is 40.7 Å². The molecule has 0 aliphatic carbocycles. The molecule has 0 bridgehead atoms. The average molecular weight is 581 g/mol. The Morgan fingerprint density at radius 2 is 1.88 bits per heavy atom. The van der Waals surface area contributed by atoms with E-state index < -0.39 is 51.9 Å². The molecule has 2 aliphatic heterocycles. The van der Waals surface area contributed by atoms with Crippen molar-refractivity contribution in [2.75, 3.05) is 30.3 Å². The topological polar surface area (TPSA) is 75.5 Å². The van der Waals surface area contributed by atoms with E-state index in [9.17, 15) is 40.7 Å². The monoisotopic (exact) mass is 580 g/mol.